The third kappa shape index (κ3) is 3.79. The average molecular weight is 344 g/mol. The first-order valence-electron chi connectivity index (χ1n) is 7.77. The van der Waals surface area contributed by atoms with Crippen LogP contribution in [0.5, 0.6) is 0 Å². The molecule has 0 atom stereocenters. The molecule has 0 amide bonds. The first-order valence-corrected chi connectivity index (χ1v) is 9.17. The normalized spacial score (nSPS) is 22.1. The Hall–Kier alpha value is -1.29. The summed E-state index contributed by atoms with van der Waals surface area (Å²) in [6.45, 7) is 2.53. The molecule has 2 saturated heterocycles. The number of pyridine rings is 1. The second-order valence-electron chi connectivity index (χ2n) is 5.67. The fraction of sp³-hybridized carbons (Fsp3) is 0.643. The minimum absolute atomic E-state index is 0.0236. The topological polar surface area (TPSA) is 74.8 Å². The van der Waals surface area contributed by atoms with Crippen LogP contribution in [0.25, 0.3) is 0 Å². The third-order valence-corrected chi connectivity index (χ3v) is 6.21. The molecule has 9 heteroatoms. The minimum Gasteiger partial charge on any atom is -0.379 e. The fourth-order valence-corrected chi connectivity index (χ4v) is 4.47. The van der Waals surface area contributed by atoms with Crippen LogP contribution in [-0.2, 0) is 14.9 Å². The molecule has 0 saturated carbocycles. The van der Waals surface area contributed by atoms with Crippen molar-refractivity contribution in [2.24, 2.45) is 0 Å². The highest BCUT2D eigenvalue weighted by molar-refractivity contribution is 7.86. The van der Waals surface area contributed by atoms with Crippen LogP contribution in [0.1, 0.15) is 12.8 Å². The molecule has 0 bridgehead atoms. The smallest absolute Gasteiger partial charge is 0.282 e. The Labute approximate surface area is 135 Å². The first kappa shape index (κ1) is 16.6. The largest absolute Gasteiger partial charge is 0.379 e. The number of rotatable bonds is 4. The fourth-order valence-electron chi connectivity index (χ4n) is 2.86. The van der Waals surface area contributed by atoms with Gasteiger partial charge in [0.1, 0.15) is 0 Å². The van der Waals surface area contributed by atoms with Gasteiger partial charge in [-0.2, -0.15) is 17.0 Å². The van der Waals surface area contributed by atoms with E-state index in [1.807, 2.05) is 0 Å². The van der Waals surface area contributed by atoms with Gasteiger partial charge in [-0.15, -0.1) is 0 Å². The first-order chi connectivity index (χ1) is 11.1. The Morgan fingerprint density at radius 3 is 2.48 bits per heavy atom. The number of morpholine rings is 1. The number of aromatic nitrogens is 1. The summed E-state index contributed by atoms with van der Waals surface area (Å²) in [5, 5.41) is 3.06. The summed E-state index contributed by atoms with van der Waals surface area (Å²) in [5.41, 5.74) is 0. The third-order valence-electron chi connectivity index (χ3n) is 4.18. The van der Waals surface area contributed by atoms with Crippen molar-refractivity contribution in [1.82, 2.24) is 13.6 Å². The van der Waals surface area contributed by atoms with Crippen LogP contribution < -0.4 is 5.32 Å². The van der Waals surface area contributed by atoms with Crippen molar-refractivity contribution in [3.05, 3.63) is 24.1 Å². The molecule has 1 aromatic rings. The van der Waals surface area contributed by atoms with Crippen LogP contribution in [-0.4, -0.2) is 67.4 Å². The Morgan fingerprint density at radius 2 is 1.83 bits per heavy atom. The number of nitrogens with zero attached hydrogens (tertiary/aromatic N) is 3. The van der Waals surface area contributed by atoms with Gasteiger partial charge in [-0.05, 0) is 25.0 Å². The summed E-state index contributed by atoms with van der Waals surface area (Å²) >= 11 is 0. The van der Waals surface area contributed by atoms with E-state index in [1.165, 1.54) is 26.9 Å². The van der Waals surface area contributed by atoms with Gasteiger partial charge in [0.2, 0.25) is 0 Å². The summed E-state index contributed by atoms with van der Waals surface area (Å²) in [6, 6.07) is 2.92. The number of anilines is 1. The van der Waals surface area contributed by atoms with Gasteiger partial charge in [0.25, 0.3) is 10.2 Å². The summed E-state index contributed by atoms with van der Waals surface area (Å²) < 4.78 is 46.9. The molecule has 128 valence electrons. The number of piperidine rings is 1. The predicted octanol–water partition coefficient (Wildman–Crippen LogP) is 0.674. The number of ether oxygens (including phenoxy) is 1. The molecule has 2 aliphatic heterocycles. The van der Waals surface area contributed by atoms with Gasteiger partial charge < -0.3 is 10.1 Å². The van der Waals surface area contributed by atoms with Crippen LogP contribution in [0.3, 0.4) is 0 Å². The minimum atomic E-state index is -3.42. The van der Waals surface area contributed by atoms with Crippen molar-refractivity contribution < 1.29 is 17.5 Å². The van der Waals surface area contributed by atoms with Gasteiger partial charge in [-0.25, -0.2) is 9.37 Å². The molecule has 7 nitrogen and oxygen atoms in total. The molecular formula is C14H21FN4O3S. The maximum atomic E-state index is 13.6. The lowest BCUT2D eigenvalue weighted by Gasteiger charge is -2.36. The van der Waals surface area contributed by atoms with Crippen LogP contribution in [0.2, 0.25) is 0 Å². The lowest BCUT2D eigenvalue weighted by molar-refractivity contribution is 0.0696. The summed E-state index contributed by atoms with van der Waals surface area (Å²) in [5.74, 6) is -0.169. The highest BCUT2D eigenvalue weighted by atomic mass is 32.2. The quantitative estimate of drug-likeness (QED) is 0.869. The number of hydrogen-bond acceptors (Lipinski definition) is 5. The van der Waals surface area contributed by atoms with E-state index in [9.17, 15) is 12.8 Å². The number of halogens is 1. The molecular weight excluding hydrogens is 323 g/mol. The van der Waals surface area contributed by atoms with Crippen LogP contribution in [0, 0.1) is 5.82 Å². The maximum absolute atomic E-state index is 13.6. The van der Waals surface area contributed by atoms with E-state index in [0.717, 1.165) is 0 Å². The molecule has 2 aliphatic rings. The zero-order valence-electron chi connectivity index (χ0n) is 12.8. The molecule has 2 fully saturated rings. The van der Waals surface area contributed by atoms with E-state index in [1.54, 1.807) is 0 Å². The summed E-state index contributed by atoms with van der Waals surface area (Å²) in [7, 11) is -3.42. The molecule has 0 spiro atoms. The van der Waals surface area contributed by atoms with E-state index in [-0.39, 0.29) is 11.9 Å². The average Bonchev–Trinajstić information content (AvgIpc) is 2.58. The van der Waals surface area contributed by atoms with Crippen LogP contribution in [0.15, 0.2) is 18.3 Å². The Bertz CT molecular complexity index is 629. The molecule has 1 N–H and O–H groups in total. The molecule has 0 aromatic carbocycles. The zero-order chi connectivity index (χ0) is 16.3. The van der Waals surface area contributed by atoms with Gasteiger partial charge in [0, 0.05) is 38.4 Å². The van der Waals surface area contributed by atoms with Crippen molar-refractivity contribution in [3.8, 4) is 0 Å². The van der Waals surface area contributed by atoms with E-state index in [2.05, 4.69) is 10.3 Å². The van der Waals surface area contributed by atoms with Crippen molar-refractivity contribution in [2.45, 2.75) is 18.9 Å². The molecule has 0 aliphatic carbocycles. The number of nitrogens with one attached hydrogen (secondary N) is 1. The van der Waals surface area contributed by atoms with E-state index >= 15 is 0 Å². The predicted molar refractivity (Wildman–Crippen MR) is 83.7 cm³/mol. The molecule has 3 rings (SSSR count). The van der Waals surface area contributed by atoms with E-state index < -0.39 is 16.0 Å². The van der Waals surface area contributed by atoms with Crippen molar-refractivity contribution in [2.75, 3.05) is 44.7 Å². The SMILES string of the molecule is O=S(=O)(N1CCOCC1)N1CCC(Nc2ncccc2F)CC1. The molecule has 0 unspecified atom stereocenters. The Balaban J connectivity index is 1.57. The summed E-state index contributed by atoms with van der Waals surface area (Å²) in [6.07, 6.45) is 2.78. The van der Waals surface area contributed by atoms with Crippen molar-refractivity contribution in [1.29, 1.82) is 0 Å². The van der Waals surface area contributed by atoms with Crippen molar-refractivity contribution in [3.63, 3.8) is 0 Å². The molecule has 23 heavy (non-hydrogen) atoms. The highest BCUT2D eigenvalue weighted by Crippen LogP contribution is 2.21. The molecule has 3 heterocycles. The molecule has 1 aromatic heterocycles. The zero-order valence-corrected chi connectivity index (χ0v) is 13.6. The number of hydrogen-bond donors (Lipinski definition) is 1. The Morgan fingerprint density at radius 1 is 1.17 bits per heavy atom. The lowest BCUT2D eigenvalue weighted by Crippen LogP contribution is -2.51. The van der Waals surface area contributed by atoms with Crippen LogP contribution >= 0.6 is 0 Å². The van der Waals surface area contributed by atoms with Crippen molar-refractivity contribution >= 4 is 16.0 Å². The van der Waals surface area contributed by atoms with Gasteiger partial charge >= 0.3 is 0 Å². The van der Waals surface area contributed by atoms with E-state index in [4.69, 9.17) is 4.74 Å². The standard InChI is InChI=1S/C14H21FN4O3S/c15-13-2-1-5-16-14(13)17-12-3-6-18(7-4-12)23(20,21)19-8-10-22-11-9-19/h1-2,5,12H,3-4,6-11H2,(H,16,17). The van der Waals surface area contributed by atoms with Gasteiger partial charge in [-0.1, -0.05) is 0 Å². The van der Waals surface area contributed by atoms with Gasteiger partial charge in [0.15, 0.2) is 11.6 Å². The second-order valence-corrected chi connectivity index (χ2v) is 7.60. The lowest BCUT2D eigenvalue weighted by atomic mass is 10.1. The van der Waals surface area contributed by atoms with E-state index in [0.29, 0.717) is 52.2 Å². The van der Waals surface area contributed by atoms with Crippen LogP contribution in [0.4, 0.5) is 10.2 Å². The maximum Gasteiger partial charge on any atom is 0.282 e. The molecule has 0 radical (unpaired) electrons. The van der Waals surface area contributed by atoms with Gasteiger partial charge in [-0.3, -0.25) is 0 Å². The monoisotopic (exact) mass is 344 g/mol. The second kappa shape index (κ2) is 7.08. The summed E-state index contributed by atoms with van der Waals surface area (Å²) in [4.78, 5) is 3.97. The Kier molecular flexibility index (Phi) is 5.10. The highest BCUT2D eigenvalue weighted by Gasteiger charge is 2.33. The van der Waals surface area contributed by atoms with Gasteiger partial charge in [0.05, 0.1) is 13.2 Å².